The van der Waals surface area contributed by atoms with Gasteiger partial charge in [0.05, 0.1) is 18.3 Å². The van der Waals surface area contributed by atoms with Crippen LogP contribution in [0.5, 0.6) is 5.75 Å². The zero-order valence-electron chi connectivity index (χ0n) is 15.5. The largest absolute Gasteiger partial charge is 0.496 e. The summed E-state index contributed by atoms with van der Waals surface area (Å²) in [7, 11) is 1.32. The van der Waals surface area contributed by atoms with Crippen molar-refractivity contribution in [3.63, 3.8) is 0 Å². The summed E-state index contributed by atoms with van der Waals surface area (Å²) < 4.78 is 60.0. The first-order valence-corrected chi connectivity index (χ1v) is 8.52. The number of hydrogen-bond donors (Lipinski definition) is 1. The van der Waals surface area contributed by atoms with Gasteiger partial charge in [0.15, 0.2) is 5.60 Å². The summed E-state index contributed by atoms with van der Waals surface area (Å²) >= 11 is 0. The molecule has 0 bridgehead atoms. The summed E-state index contributed by atoms with van der Waals surface area (Å²) in [4.78, 5) is 11.8. The van der Waals surface area contributed by atoms with Crippen LogP contribution in [0.4, 0.5) is 23.2 Å². The number of rotatable bonds is 5. The normalized spacial score (nSPS) is 14.3. The second-order valence-electron chi connectivity index (χ2n) is 6.44. The van der Waals surface area contributed by atoms with E-state index < -0.39 is 24.0 Å². The van der Waals surface area contributed by atoms with Crippen molar-refractivity contribution in [2.24, 2.45) is 4.99 Å². The number of benzene rings is 2. The van der Waals surface area contributed by atoms with E-state index in [0.29, 0.717) is 12.0 Å². The summed E-state index contributed by atoms with van der Waals surface area (Å²) in [5.41, 5.74) is -3.08. The van der Waals surface area contributed by atoms with Crippen molar-refractivity contribution in [2.45, 2.75) is 25.1 Å². The molecular formula is C20H17F4N3O2. The van der Waals surface area contributed by atoms with Crippen LogP contribution in [-0.2, 0) is 6.42 Å². The molecule has 0 amide bonds. The number of ether oxygens (including phenoxy) is 1. The number of aryl methyl sites for hydroxylation is 1. The summed E-state index contributed by atoms with van der Waals surface area (Å²) in [6, 6.07) is 8.13. The number of methoxy groups -OCH3 is 1. The van der Waals surface area contributed by atoms with Gasteiger partial charge in [-0.15, -0.1) is 0 Å². The third-order valence-corrected chi connectivity index (χ3v) is 4.32. The molecule has 29 heavy (non-hydrogen) atoms. The van der Waals surface area contributed by atoms with Gasteiger partial charge in [0.25, 0.3) is 0 Å². The fourth-order valence-electron chi connectivity index (χ4n) is 2.82. The van der Waals surface area contributed by atoms with E-state index in [0.717, 1.165) is 12.1 Å². The van der Waals surface area contributed by atoms with Gasteiger partial charge in [-0.05, 0) is 18.6 Å². The molecule has 1 heterocycles. The molecule has 0 aliphatic heterocycles. The van der Waals surface area contributed by atoms with E-state index in [1.165, 1.54) is 31.5 Å². The Hall–Kier alpha value is -3.07. The second-order valence-corrected chi connectivity index (χ2v) is 6.44. The van der Waals surface area contributed by atoms with Gasteiger partial charge in [-0.2, -0.15) is 13.2 Å². The van der Waals surface area contributed by atoms with Crippen molar-refractivity contribution in [1.82, 2.24) is 9.97 Å². The number of para-hydroxylation sites is 1. The van der Waals surface area contributed by atoms with Crippen molar-refractivity contribution in [1.29, 1.82) is 0 Å². The van der Waals surface area contributed by atoms with Crippen LogP contribution in [-0.4, -0.2) is 40.2 Å². The zero-order chi connectivity index (χ0) is 21.2. The molecule has 3 aromatic rings. The number of hydrogen-bond acceptors (Lipinski definition) is 5. The maximum absolute atomic E-state index is 13.9. The topological polar surface area (TPSA) is 67.6 Å². The van der Waals surface area contributed by atoms with E-state index in [4.69, 9.17) is 4.74 Å². The molecule has 0 fully saturated rings. The predicted octanol–water partition coefficient (Wildman–Crippen LogP) is 4.32. The Bertz CT molecular complexity index is 1060. The highest BCUT2D eigenvalue weighted by Gasteiger charge is 2.53. The van der Waals surface area contributed by atoms with Gasteiger partial charge in [-0.1, -0.05) is 18.2 Å². The van der Waals surface area contributed by atoms with E-state index in [2.05, 4.69) is 15.0 Å². The molecule has 1 unspecified atom stereocenters. The highest BCUT2D eigenvalue weighted by atomic mass is 19.4. The number of alkyl halides is 3. The van der Waals surface area contributed by atoms with E-state index in [9.17, 15) is 22.7 Å². The molecule has 1 aromatic heterocycles. The Morgan fingerprint density at radius 3 is 2.62 bits per heavy atom. The molecule has 1 N–H and O–H groups in total. The van der Waals surface area contributed by atoms with Crippen LogP contribution in [0, 0.1) is 12.7 Å². The lowest BCUT2D eigenvalue weighted by Crippen LogP contribution is -2.48. The van der Waals surface area contributed by atoms with E-state index in [1.807, 2.05) is 0 Å². The van der Waals surface area contributed by atoms with Gasteiger partial charge in [0, 0.05) is 36.4 Å². The summed E-state index contributed by atoms with van der Waals surface area (Å²) in [6.45, 7) is 1.60. The Kier molecular flexibility index (Phi) is 5.52. The third-order valence-electron chi connectivity index (χ3n) is 4.32. The van der Waals surface area contributed by atoms with Gasteiger partial charge in [-0.3, -0.25) is 4.99 Å². The van der Waals surface area contributed by atoms with Crippen molar-refractivity contribution in [3.8, 4) is 5.75 Å². The molecular weight excluding hydrogens is 390 g/mol. The number of nitrogens with zero attached hydrogens (tertiary/aromatic N) is 3. The highest BCUT2D eigenvalue weighted by Crippen LogP contribution is 2.35. The minimum absolute atomic E-state index is 0.122. The zero-order valence-corrected chi connectivity index (χ0v) is 15.5. The Morgan fingerprint density at radius 1 is 1.21 bits per heavy atom. The third kappa shape index (κ3) is 4.34. The van der Waals surface area contributed by atoms with Gasteiger partial charge < -0.3 is 9.84 Å². The highest BCUT2D eigenvalue weighted by molar-refractivity contribution is 5.91. The van der Waals surface area contributed by atoms with Gasteiger partial charge in [0.2, 0.25) is 0 Å². The molecule has 3 rings (SSSR count). The standard InChI is InChI=1S/C20H17F4N3O2/c1-12-25-10-15-16(7-14(21)8-17(15)27-12)26-11-19(28,20(22,23)24)9-13-5-3-4-6-18(13)29-2/h3-8,10-11,28H,9H2,1-2H3/b26-11-. The van der Waals surface area contributed by atoms with E-state index in [1.54, 1.807) is 13.0 Å². The van der Waals surface area contributed by atoms with Crippen molar-refractivity contribution < 1.29 is 27.4 Å². The average Bonchev–Trinajstić information content (AvgIpc) is 2.65. The van der Waals surface area contributed by atoms with Gasteiger partial charge >= 0.3 is 6.18 Å². The number of aliphatic imine (C=N–C) groups is 1. The lowest BCUT2D eigenvalue weighted by Gasteiger charge is -2.27. The molecule has 0 aliphatic carbocycles. The predicted molar refractivity (Wildman–Crippen MR) is 100 cm³/mol. The minimum atomic E-state index is -5.03. The lowest BCUT2D eigenvalue weighted by atomic mass is 9.94. The Labute approximate surface area is 163 Å². The number of fused-ring (bicyclic) bond motifs is 1. The monoisotopic (exact) mass is 407 g/mol. The van der Waals surface area contributed by atoms with Crippen LogP contribution in [0.1, 0.15) is 11.4 Å². The SMILES string of the molecule is COc1ccccc1CC(O)(/C=N\c1cc(F)cc2nc(C)ncc12)C(F)(F)F. The fourth-order valence-corrected chi connectivity index (χ4v) is 2.82. The minimum Gasteiger partial charge on any atom is -0.496 e. The molecule has 0 radical (unpaired) electrons. The maximum atomic E-state index is 13.9. The van der Waals surface area contributed by atoms with Crippen molar-refractivity contribution >= 4 is 22.8 Å². The molecule has 0 aliphatic rings. The molecule has 9 heteroatoms. The fraction of sp³-hybridized carbons (Fsp3) is 0.250. The van der Waals surface area contributed by atoms with Crippen LogP contribution in [0.15, 0.2) is 47.6 Å². The second kappa shape index (κ2) is 7.75. The number of halogens is 4. The quantitative estimate of drug-likeness (QED) is 0.505. The van der Waals surface area contributed by atoms with Crippen LogP contribution >= 0.6 is 0 Å². The van der Waals surface area contributed by atoms with Gasteiger partial charge in [0.1, 0.15) is 17.4 Å². The molecule has 0 saturated heterocycles. The van der Waals surface area contributed by atoms with Gasteiger partial charge in [-0.25, -0.2) is 14.4 Å². The molecule has 0 saturated carbocycles. The molecule has 1 atom stereocenters. The summed E-state index contributed by atoms with van der Waals surface area (Å²) in [5.74, 6) is -0.146. The van der Waals surface area contributed by atoms with Crippen LogP contribution in [0.25, 0.3) is 10.9 Å². The number of aromatic nitrogens is 2. The summed E-state index contributed by atoms with van der Waals surface area (Å²) in [5, 5.41) is 10.7. The van der Waals surface area contributed by atoms with Crippen LogP contribution in [0.2, 0.25) is 0 Å². The van der Waals surface area contributed by atoms with Crippen molar-refractivity contribution in [3.05, 3.63) is 59.8 Å². The van der Waals surface area contributed by atoms with Crippen LogP contribution < -0.4 is 4.74 Å². The molecule has 0 spiro atoms. The van der Waals surface area contributed by atoms with Crippen LogP contribution in [0.3, 0.4) is 0 Å². The first kappa shape index (κ1) is 20.7. The smallest absolute Gasteiger partial charge is 0.422 e. The first-order chi connectivity index (χ1) is 13.6. The maximum Gasteiger partial charge on any atom is 0.422 e. The average molecular weight is 407 g/mol. The molecule has 5 nitrogen and oxygen atoms in total. The lowest BCUT2D eigenvalue weighted by molar-refractivity contribution is -0.228. The first-order valence-electron chi connectivity index (χ1n) is 8.52. The van der Waals surface area contributed by atoms with E-state index >= 15 is 0 Å². The molecule has 2 aromatic carbocycles. The Balaban J connectivity index is 2.06. The Morgan fingerprint density at radius 2 is 1.93 bits per heavy atom. The molecule has 152 valence electrons. The number of aliphatic hydroxyl groups is 1. The summed E-state index contributed by atoms with van der Waals surface area (Å²) in [6.07, 6.45) is -4.15. The van der Waals surface area contributed by atoms with E-state index in [-0.39, 0.29) is 27.9 Å². The van der Waals surface area contributed by atoms with Crippen molar-refractivity contribution in [2.75, 3.05) is 7.11 Å².